The van der Waals surface area contributed by atoms with Gasteiger partial charge in [0.15, 0.2) is 0 Å². The molecule has 0 radical (unpaired) electrons. The Kier molecular flexibility index (Phi) is 5.68. The van der Waals surface area contributed by atoms with Gasteiger partial charge in [0, 0.05) is 44.4 Å². The number of aromatic nitrogens is 1. The molecular weight excluding hydrogens is 408 g/mol. The van der Waals surface area contributed by atoms with E-state index in [9.17, 15) is 9.59 Å². The Morgan fingerprint density at radius 3 is 2.35 bits per heavy atom. The van der Waals surface area contributed by atoms with Crippen molar-refractivity contribution < 1.29 is 9.59 Å². The van der Waals surface area contributed by atoms with Crippen LogP contribution >= 0.6 is 11.5 Å². The SMILES string of the molecule is O=C1CC2(CCCC2)CC(=O)N1CC#CCN1CCN(c2nsc3ccccc23)CC1. The molecule has 3 fully saturated rings. The van der Waals surface area contributed by atoms with Crippen LogP contribution in [-0.2, 0) is 9.59 Å². The molecule has 5 rings (SSSR count). The third kappa shape index (κ3) is 4.19. The highest BCUT2D eigenvalue weighted by molar-refractivity contribution is 7.13. The summed E-state index contributed by atoms with van der Waals surface area (Å²) in [5.74, 6) is 7.28. The van der Waals surface area contributed by atoms with Gasteiger partial charge in [0.1, 0.15) is 5.82 Å². The number of benzene rings is 1. The number of fused-ring (bicyclic) bond motifs is 1. The van der Waals surface area contributed by atoms with Gasteiger partial charge in [-0.25, -0.2) is 0 Å². The minimum atomic E-state index is -0.0413. The highest BCUT2D eigenvalue weighted by Crippen LogP contribution is 2.46. The van der Waals surface area contributed by atoms with Gasteiger partial charge in [0.05, 0.1) is 17.8 Å². The largest absolute Gasteiger partial charge is 0.353 e. The zero-order chi connectivity index (χ0) is 21.3. The van der Waals surface area contributed by atoms with Crippen molar-refractivity contribution in [2.45, 2.75) is 38.5 Å². The first-order valence-corrected chi connectivity index (χ1v) is 12.0. The Bertz CT molecular complexity index is 1020. The predicted molar refractivity (Wildman–Crippen MR) is 123 cm³/mol. The second-order valence-electron chi connectivity index (χ2n) is 9.05. The fourth-order valence-corrected chi connectivity index (χ4v) is 6.01. The maximum absolute atomic E-state index is 12.5. The summed E-state index contributed by atoms with van der Waals surface area (Å²) in [6, 6.07) is 8.38. The van der Waals surface area contributed by atoms with Crippen LogP contribution in [0.25, 0.3) is 10.1 Å². The van der Waals surface area contributed by atoms with Crippen molar-refractivity contribution in [1.29, 1.82) is 0 Å². The lowest BCUT2D eigenvalue weighted by molar-refractivity contribution is -0.152. The third-order valence-corrected chi connectivity index (χ3v) is 7.83. The molecule has 2 amide bonds. The Morgan fingerprint density at radius 1 is 0.935 bits per heavy atom. The number of carbonyl (C=O) groups excluding carboxylic acids is 2. The summed E-state index contributed by atoms with van der Waals surface area (Å²) in [4.78, 5) is 31.1. The van der Waals surface area contributed by atoms with Crippen LogP contribution in [0.4, 0.5) is 5.82 Å². The lowest BCUT2D eigenvalue weighted by Gasteiger charge is -2.36. The van der Waals surface area contributed by atoms with Crippen LogP contribution in [0, 0.1) is 17.3 Å². The van der Waals surface area contributed by atoms with Gasteiger partial charge in [-0.2, -0.15) is 4.37 Å². The molecule has 3 heterocycles. The monoisotopic (exact) mass is 436 g/mol. The average molecular weight is 437 g/mol. The number of likely N-dealkylation sites (tertiary alicyclic amines) is 1. The van der Waals surface area contributed by atoms with E-state index in [1.165, 1.54) is 15.0 Å². The summed E-state index contributed by atoms with van der Waals surface area (Å²) in [6.45, 7) is 4.64. The van der Waals surface area contributed by atoms with Gasteiger partial charge in [-0.1, -0.05) is 36.8 Å². The lowest BCUT2D eigenvalue weighted by Crippen LogP contribution is -2.47. The highest BCUT2D eigenvalue weighted by atomic mass is 32.1. The van der Waals surface area contributed by atoms with Crippen molar-refractivity contribution in [3.8, 4) is 11.8 Å². The molecular formula is C24H28N4O2S. The molecule has 31 heavy (non-hydrogen) atoms. The minimum absolute atomic E-state index is 0.0310. The van der Waals surface area contributed by atoms with Crippen LogP contribution in [0.3, 0.4) is 0 Å². The number of imide groups is 1. The Balaban J connectivity index is 1.11. The van der Waals surface area contributed by atoms with Crippen LogP contribution in [0.15, 0.2) is 24.3 Å². The second-order valence-corrected chi connectivity index (χ2v) is 9.86. The molecule has 0 atom stereocenters. The number of hydrogen-bond acceptors (Lipinski definition) is 6. The zero-order valence-corrected chi connectivity index (χ0v) is 18.6. The number of amides is 2. The van der Waals surface area contributed by atoms with E-state index in [0.717, 1.165) is 57.7 Å². The molecule has 2 aromatic rings. The van der Waals surface area contributed by atoms with Crippen molar-refractivity contribution in [2.24, 2.45) is 5.41 Å². The molecule has 6 nitrogen and oxygen atoms in total. The topological polar surface area (TPSA) is 56.8 Å². The molecule has 1 aromatic heterocycles. The molecule has 0 unspecified atom stereocenters. The van der Waals surface area contributed by atoms with E-state index in [2.05, 4.69) is 50.3 Å². The van der Waals surface area contributed by atoms with Gasteiger partial charge in [-0.15, -0.1) is 0 Å². The number of hydrogen-bond donors (Lipinski definition) is 0. The average Bonchev–Trinajstić information content (AvgIpc) is 3.40. The summed E-state index contributed by atoms with van der Waals surface area (Å²) in [5, 5.41) is 1.23. The van der Waals surface area contributed by atoms with Crippen LogP contribution < -0.4 is 4.90 Å². The smallest absolute Gasteiger partial charge is 0.230 e. The summed E-state index contributed by atoms with van der Waals surface area (Å²) in [7, 11) is 0. The molecule has 1 spiro atoms. The van der Waals surface area contributed by atoms with Crippen LogP contribution in [0.2, 0.25) is 0 Å². The van der Waals surface area contributed by atoms with E-state index >= 15 is 0 Å². The van der Waals surface area contributed by atoms with Gasteiger partial charge >= 0.3 is 0 Å². The molecule has 0 bridgehead atoms. The lowest BCUT2D eigenvalue weighted by atomic mass is 9.76. The van der Waals surface area contributed by atoms with Crippen LogP contribution in [0.5, 0.6) is 0 Å². The quantitative estimate of drug-likeness (QED) is 0.547. The van der Waals surface area contributed by atoms with Gasteiger partial charge in [-0.05, 0) is 41.9 Å². The molecule has 2 aliphatic heterocycles. The zero-order valence-electron chi connectivity index (χ0n) is 17.8. The molecule has 162 valence electrons. The van der Waals surface area contributed by atoms with Crippen LogP contribution in [0.1, 0.15) is 38.5 Å². The maximum Gasteiger partial charge on any atom is 0.230 e. The number of anilines is 1. The highest BCUT2D eigenvalue weighted by Gasteiger charge is 2.44. The number of carbonyl (C=O) groups is 2. The van der Waals surface area contributed by atoms with Gasteiger partial charge in [0.25, 0.3) is 0 Å². The van der Waals surface area contributed by atoms with Crippen LogP contribution in [-0.4, -0.2) is 65.3 Å². The fraction of sp³-hybridized carbons (Fsp3) is 0.542. The van der Waals surface area contributed by atoms with E-state index < -0.39 is 0 Å². The summed E-state index contributed by atoms with van der Waals surface area (Å²) < 4.78 is 5.89. The van der Waals surface area contributed by atoms with E-state index in [0.29, 0.717) is 19.4 Å². The molecule has 1 aliphatic carbocycles. The Morgan fingerprint density at radius 2 is 1.61 bits per heavy atom. The van der Waals surface area contributed by atoms with Crippen molar-refractivity contribution in [1.82, 2.24) is 14.2 Å². The number of rotatable bonds is 3. The van der Waals surface area contributed by atoms with Crippen molar-refractivity contribution >= 4 is 39.3 Å². The number of piperazine rings is 1. The van der Waals surface area contributed by atoms with Gasteiger partial charge in [0.2, 0.25) is 11.8 Å². The standard InChI is InChI=1S/C24H28N4O2S/c29-21-17-24(9-3-4-10-24)18-22(30)28(21)12-6-5-11-26-13-15-27(16-14-26)23-19-7-1-2-8-20(19)31-25-23/h1-2,7-8H,3-4,9-18H2. The normalized spacial score (nSPS) is 21.7. The molecule has 7 heteroatoms. The van der Waals surface area contributed by atoms with E-state index in [4.69, 9.17) is 0 Å². The summed E-state index contributed by atoms with van der Waals surface area (Å²) in [6.07, 6.45) is 5.37. The Labute approximate surface area is 187 Å². The molecule has 3 aliphatic rings. The maximum atomic E-state index is 12.5. The molecule has 2 saturated heterocycles. The number of piperidine rings is 1. The predicted octanol–water partition coefficient (Wildman–Crippen LogP) is 3.13. The summed E-state index contributed by atoms with van der Waals surface area (Å²) >= 11 is 1.56. The van der Waals surface area contributed by atoms with E-state index in [-0.39, 0.29) is 23.8 Å². The number of nitrogens with zero attached hydrogens (tertiary/aromatic N) is 4. The fourth-order valence-electron chi connectivity index (χ4n) is 5.21. The first-order valence-electron chi connectivity index (χ1n) is 11.2. The molecule has 0 N–H and O–H groups in total. The van der Waals surface area contributed by atoms with E-state index in [1.54, 1.807) is 11.5 Å². The summed E-state index contributed by atoms with van der Waals surface area (Å²) in [5.41, 5.74) is -0.0413. The third-order valence-electron chi connectivity index (χ3n) is 7.01. The Hall–Kier alpha value is -2.43. The first-order chi connectivity index (χ1) is 15.1. The first kappa shape index (κ1) is 20.5. The van der Waals surface area contributed by atoms with E-state index in [1.807, 2.05) is 0 Å². The van der Waals surface area contributed by atoms with Gasteiger partial charge in [-0.3, -0.25) is 19.4 Å². The van der Waals surface area contributed by atoms with Crippen molar-refractivity contribution in [3.63, 3.8) is 0 Å². The molecule has 1 aromatic carbocycles. The van der Waals surface area contributed by atoms with Crippen molar-refractivity contribution in [3.05, 3.63) is 24.3 Å². The minimum Gasteiger partial charge on any atom is -0.353 e. The molecule has 1 saturated carbocycles. The van der Waals surface area contributed by atoms with Gasteiger partial charge < -0.3 is 4.90 Å². The second kappa shape index (κ2) is 8.60. The van der Waals surface area contributed by atoms with Crippen molar-refractivity contribution in [2.75, 3.05) is 44.2 Å².